The fourth-order valence-corrected chi connectivity index (χ4v) is 5.82. The summed E-state index contributed by atoms with van der Waals surface area (Å²) < 4.78 is 0. The minimum Gasteiger partial charge on any atom is -0.0654 e. The topological polar surface area (TPSA) is 0 Å². The summed E-state index contributed by atoms with van der Waals surface area (Å²) in [5.41, 5.74) is 0.551. The average molecular weight is 325 g/mol. The van der Waals surface area contributed by atoms with Gasteiger partial charge in [0.15, 0.2) is 0 Å². The van der Waals surface area contributed by atoms with Crippen LogP contribution in [0.5, 0.6) is 0 Å². The lowest BCUT2D eigenvalue weighted by molar-refractivity contribution is -0.0238. The van der Waals surface area contributed by atoms with Crippen LogP contribution in [0.15, 0.2) is 0 Å². The van der Waals surface area contributed by atoms with E-state index in [4.69, 9.17) is 0 Å². The van der Waals surface area contributed by atoms with Gasteiger partial charge in [0.05, 0.1) is 0 Å². The fourth-order valence-electron chi connectivity index (χ4n) is 5.82. The molecule has 0 nitrogen and oxygen atoms in total. The Hall–Kier alpha value is 0. The maximum Gasteiger partial charge on any atom is -0.0239 e. The first kappa shape index (κ1) is 23.0. The Bertz CT molecular complexity index is 280. The summed E-state index contributed by atoms with van der Waals surface area (Å²) in [7, 11) is 0. The zero-order valence-corrected chi connectivity index (χ0v) is 18.0. The molecule has 0 radical (unpaired) electrons. The molecule has 0 aliphatic rings. The first-order chi connectivity index (χ1) is 10.9. The molecule has 0 rings (SSSR count). The second-order valence-electron chi connectivity index (χ2n) is 8.62. The smallest absolute Gasteiger partial charge is 0.0239 e. The van der Waals surface area contributed by atoms with E-state index in [1.54, 1.807) is 0 Å². The van der Waals surface area contributed by atoms with Crippen LogP contribution >= 0.6 is 0 Å². The minimum absolute atomic E-state index is 0.551. The van der Waals surface area contributed by atoms with Gasteiger partial charge < -0.3 is 0 Å². The second-order valence-corrected chi connectivity index (χ2v) is 8.62. The van der Waals surface area contributed by atoms with Crippen LogP contribution in [0.2, 0.25) is 0 Å². The Kier molecular flexibility index (Phi) is 11.5. The molecular formula is C23H48. The Balaban J connectivity index is 5.76. The van der Waals surface area contributed by atoms with Crippen LogP contribution in [0.25, 0.3) is 0 Å². The van der Waals surface area contributed by atoms with E-state index in [1.165, 1.54) is 51.4 Å². The van der Waals surface area contributed by atoms with Gasteiger partial charge >= 0.3 is 0 Å². The van der Waals surface area contributed by atoms with Gasteiger partial charge in [-0.05, 0) is 54.3 Å². The molecule has 0 N–H and O–H groups in total. The standard InChI is InChI=1S/C23H48/c1-10-15-19(8)20(9)21(13-4)23(14-5,17-12-3)22(16-11-2)18(6)7/h18-22H,10-17H2,1-9H3. The molecule has 0 aliphatic heterocycles. The quantitative estimate of drug-likeness (QED) is 0.319. The van der Waals surface area contributed by atoms with Gasteiger partial charge in [0.2, 0.25) is 0 Å². The van der Waals surface area contributed by atoms with Crippen LogP contribution < -0.4 is 0 Å². The minimum atomic E-state index is 0.551. The van der Waals surface area contributed by atoms with Gasteiger partial charge in [-0.1, -0.05) is 94.4 Å². The molecule has 0 heteroatoms. The van der Waals surface area contributed by atoms with Gasteiger partial charge in [-0.25, -0.2) is 0 Å². The van der Waals surface area contributed by atoms with Gasteiger partial charge in [-0.3, -0.25) is 0 Å². The SMILES string of the molecule is CCCC(C)C(C)C(CC)C(CC)(CCC)C(CCC)C(C)C. The molecule has 0 saturated carbocycles. The van der Waals surface area contributed by atoms with Crippen molar-refractivity contribution in [3.05, 3.63) is 0 Å². The van der Waals surface area contributed by atoms with E-state index in [2.05, 4.69) is 62.3 Å². The molecule has 0 heterocycles. The third-order valence-corrected chi connectivity index (χ3v) is 6.97. The molecule has 5 unspecified atom stereocenters. The van der Waals surface area contributed by atoms with Crippen LogP contribution in [-0.4, -0.2) is 0 Å². The fraction of sp³-hybridized carbons (Fsp3) is 1.00. The van der Waals surface area contributed by atoms with Gasteiger partial charge in [-0.15, -0.1) is 0 Å². The lowest BCUT2D eigenvalue weighted by atomic mass is 9.53. The van der Waals surface area contributed by atoms with Crippen molar-refractivity contribution in [2.75, 3.05) is 0 Å². The van der Waals surface area contributed by atoms with Gasteiger partial charge in [-0.2, -0.15) is 0 Å². The Morgan fingerprint density at radius 3 is 1.61 bits per heavy atom. The molecule has 0 aromatic carbocycles. The zero-order chi connectivity index (χ0) is 18.0. The van der Waals surface area contributed by atoms with E-state index in [-0.39, 0.29) is 0 Å². The molecule has 0 aromatic rings. The van der Waals surface area contributed by atoms with E-state index < -0.39 is 0 Å². The maximum atomic E-state index is 2.57. The monoisotopic (exact) mass is 324 g/mol. The molecule has 140 valence electrons. The van der Waals surface area contributed by atoms with Crippen LogP contribution in [0.3, 0.4) is 0 Å². The van der Waals surface area contributed by atoms with Crippen molar-refractivity contribution in [1.82, 2.24) is 0 Å². The second kappa shape index (κ2) is 11.5. The first-order valence-electron chi connectivity index (χ1n) is 10.9. The van der Waals surface area contributed by atoms with Gasteiger partial charge in [0.25, 0.3) is 0 Å². The molecule has 5 atom stereocenters. The van der Waals surface area contributed by atoms with Crippen molar-refractivity contribution in [2.24, 2.45) is 35.0 Å². The summed E-state index contributed by atoms with van der Waals surface area (Å²) in [6, 6.07) is 0. The number of hydrogen-bond donors (Lipinski definition) is 0. The highest BCUT2D eigenvalue weighted by Gasteiger charge is 2.45. The predicted molar refractivity (Wildman–Crippen MR) is 108 cm³/mol. The van der Waals surface area contributed by atoms with E-state index in [9.17, 15) is 0 Å². The van der Waals surface area contributed by atoms with Crippen LogP contribution in [0.4, 0.5) is 0 Å². The summed E-state index contributed by atoms with van der Waals surface area (Å²) in [6.07, 6.45) is 11.0. The van der Waals surface area contributed by atoms with Crippen LogP contribution in [-0.2, 0) is 0 Å². The van der Waals surface area contributed by atoms with Gasteiger partial charge in [0.1, 0.15) is 0 Å². The largest absolute Gasteiger partial charge is 0.0654 e. The van der Waals surface area contributed by atoms with Gasteiger partial charge in [0, 0.05) is 0 Å². The van der Waals surface area contributed by atoms with Crippen molar-refractivity contribution in [1.29, 1.82) is 0 Å². The first-order valence-corrected chi connectivity index (χ1v) is 10.9. The summed E-state index contributed by atoms with van der Waals surface area (Å²) in [5.74, 6) is 4.29. The highest BCUT2D eigenvalue weighted by atomic mass is 14.5. The van der Waals surface area contributed by atoms with E-state index in [0.29, 0.717) is 5.41 Å². The lowest BCUT2D eigenvalue weighted by Gasteiger charge is -2.51. The number of hydrogen-bond acceptors (Lipinski definition) is 0. The Labute approximate surface area is 149 Å². The molecule has 0 spiro atoms. The molecule has 0 aromatic heterocycles. The number of rotatable bonds is 13. The molecule has 0 bridgehead atoms. The average Bonchev–Trinajstić information content (AvgIpc) is 2.52. The highest BCUT2D eigenvalue weighted by Crippen LogP contribution is 2.53. The summed E-state index contributed by atoms with van der Waals surface area (Å²) >= 11 is 0. The highest BCUT2D eigenvalue weighted by molar-refractivity contribution is 4.94. The maximum absolute atomic E-state index is 2.57. The zero-order valence-electron chi connectivity index (χ0n) is 18.0. The van der Waals surface area contributed by atoms with Crippen molar-refractivity contribution >= 4 is 0 Å². The third kappa shape index (κ3) is 5.79. The van der Waals surface area contributed by atoms with Crippen molar-refractivity contribution in [3.63, 3.8) is 0 Å². The predicted octanol–water partition coefficient (Wildman–Crippen LogP) is 8.35. The summed E-state index contributed by atoms with van der Waals surface area (Å²) in [5, 5.41) is 0. The summed E-state index contributed by atoms with van der Waals surface area (Å²) in [4.78, 5) is 0. The van der Waals surface area contributed by atoms with Crippen LogP contribution in [0, 0.1) is 35.0 Å². The van der Waals surface area contributed by atoms with Crippen molar-refractivity contribution < 1.29 is 0 Å². The summed E-state index contributed by atoms with van der Waals surface area (Å²) in [6.45, 7) is 22.1. The molecule has 23 heavy (non-hydrogen) atoms. The van der Waals surface area contributed by atoms with Crippen molar-refractivity contribution in [2.45, 2.75) is 114 Å². The molecule has 0 saturated heterocycles. The molecule has 0 amide bonds. The normalized spacial score (nSPS) is 20.1. The van der Waals surface area contributed by atoms with E-state index in [0.717, 1.165) is 29.6 Å². The van der Waals surface area contributed by atoms with Crippen LogP contribution in [0.1, 0.15) is 114 Å². The third-order valence-electron chi connectivity index (χ3n) is 6.97. The molecule has 0 fully saturated rings. The Morgan fingerprint density at radius 1 is 0.696 bits per heavy atom. The van der Waals surface area contributed by atoms with Crippen molar-refractivity contribution in [3.8, 4) is 0 Å². The van der Waals surface area contributed by atoms with E-state index in [1.807, 2.05) is 0 Å². The Morgan fingerprint density at radius 2 is 1.26 bits per heavy atom. The van der Waals surface area contributed by atoms with E-state index >= 15 is 0 Å². The lowest BCUT2D eigenvalue weighted by Crippen LogP contribution is -2.44. The molecule has 0 aliphatic carbocycles. The molecular weight excluding hydrogens is 276 g/mol.